The van der Waals surface area contributed by atoms with Crippen LogP contribution in [-0.2, 0) is 0 Å². The minimum Gasteiger partial charge on any atom is -0.286 e. The highest BCUT2D eigenvalue weighted by atomic mass is 16.6. The third kappa shape index (κ3) is 1.64. The number of benzene rings is 2. The van der Waals surface area contributed by atoms with E-state index in [2.05, 4.69) is 0 Å². The van der Waals surface area contributed by atoms with Crippen LogP contribution in [0.3, 0.4) is 0 Å². The zero-order valence-corrected chi connectivity index (χ0v) is 10.3. The van der Waals surface area contributed by atoms with Crippen molar-refractivity contribution in [2.75, 3.05) is 0 Å². The zero-order chi connectivity index (χ0) is 14.3. The van der Waals surface area contributed by atoms with Gasteiger partial charge in [-0.15, -0.1) is 0 Å². The Bertz CT molecular complexity index is 737. The monoisotopic (exact) mass is 267 g/mol. The largest absolute Gasteiger partial charge is 0.336 e. The Morgan fingerprint density at radius 1 is 0.850 bits per heavy atom. The van der Waals surface area contributed by atoms with Crippen molar-refractivity contribution in [2.24, 2.45) is 0 Å². The number of rotatable bonds is 2. The van der Waals surface area contributed by atoms with Crippen LogP contribution in [0.5, 0.6) is 0 Å². The summed E-state index contributed by atoms with van der Waals surface area (Å²) < 4.78 is 0. The molecule has 0 saturated heterocycles. The first-order chi connectivity index (χ1) is 9.61. The third-order valence-electron chi connectivity index (χ3n) is 3.37. The molecule has 98 valence electrons. The lowest BCUT2D eigenvalue weighted by molar-refractivity contribution is -0.488. The highest BCUT2D eigenvalue weighted by Crippen LogP contribution is 2.33. The van der Waals surface area contributed by atoms with Crippen molar-refractivity contribution in [3.05, 3.63) is 69.8 Å². The molecule has 0 saturated carbocycles. The Labute approximate surface area is 114 Å². The van der Waals surface area contributed by atoms with Crippen LogP contribution >= 0.6 is 0 Å². The number of carbonyl (C=O) groups excluding carboxylic acids is 2. The van der Waals surface area contributed by atoms with Crippen molar-refractivity contribution in [2.45, 2.75) is 6.04 Å². The van der Waals surface area contributed by atoms with Crippen molar-refractivity contribution in [3.63, 3.8) is 0 Å². The average molecular weight is 267 g/mol. The maximum atomic E-state index is 12.2. The van der Waals surface area contributed by atoms with Gasteiger partial charge < -0.3 is 0 Å². The van der Waals surface area contributed by atoms with Gasteiger partial charge in [-0.2, -0.15) is 0 Å². The average Bonchev–Trinajstić information content (AvgIpc) is 2.72. The summed E-state index contributed by atoms with van der Waals surface area (Å²) in [6.07, 6.45) is 0. The molecule has 1 aliphatic rings. The van der Waals surface area contributed by atoms with Gasteiger partial charge in [0.25, 0.3) is 0 Å². The van der Waals surface area contributed by atoms with Gasteiger partial charge in [0.05, 0.1) is 0 Å². The lowest BCUT2D eigenvalue weighted by Gasteiger charge is -2.05. The van der Waals surface area contributed by atoms with Gasteiger partial charge in [-0.25, -0.2) is 0 Å². The van der Waals surface area contributed by atoms with Crippen LogP contribution < -0.4 is 0 Å². The van der Waals surface area contributed by atoms with Crippen LogP contribution in [0.2, 0.25) is 0 Å². The SMILES string of the molecule is O=C1c2cccc(-c3ccccc3)c2C(=O)C1[N+](=O)[O-]. The summed E-state index contributed by atoms with van der Waals surface area (Å²) in [4.78, 5) is 34.2. The lowest BCUT2D eigenvalue weighted by Crippen LogP contribution is -2.31. The molecule has 20 heavy (non-hydrogen) atoms. The predicted molar refractivity (Wildman–Crippen MR) is 71.3 cm³/mol. The number of fused-ring (bicyclic) bond motifs is 1. The van der Waals surface area contributed by atoms with Crippen LogP contribution in [0.25, 0.3) is 11.1 Å². The molecule has 5 nitrogen and oxygen atoms in total. The van der Waals surface area contributed by atoms with Crippen LogP contribution in [-0.4, -0.2) is 22.5 Å². The number of nitrogens with zero attached hydrogens (tertiary/aromatic N) is 1. The normalized spacial score (nSPS) is 17.1. The minimum atomic E-state index is -1.80. The predicted octanol–water partition coefficient (Wildman–Crippen LogP) is 2.38. The van der Waals surface area contributed by atoms with Crippen LogP contribution in [0.15, 0.2) is 48.5 Å². The molecule has 0 spiro atoms. The van der Waals surface area contributed by atoms with E-state index in [-0.39, 0.29) is 11.1 Å². The third-order valence-corrected chi connectivity index (χ3v) is 3.37. The Morgan fingerprint density at radius 2 is 1.50 bits per heavy atom. The van der Waals surface area contributed by atoms with E-state index >= 15 is 0 Å². The Balaban J connectivity index is 2.24. The molecule has 0 aromatic heterocycles. The Kier molecular flexibility index (Phi) is 2.68. The number of nitro groups is 1. The number of carbonyl (C=O) groups is 2. The number of hydrogen-bond donors (Lipinski definition) is 0. The van der Waals surface area contributed by atoms with Crippen LogP contribution in [0, 0.1) is 10.1 Å². The molecule has 0 aliphatic heterocycles. The van der Waals surface area contributed by atoms with E-state index < -0.39 is 22.5 Å². The summed E-state index contributed by atoms with van der Waals surface area (Å²) in [6.45, 7) is 0. The van der Waals surface area contributed by atoms with Crippen molar-refractivity contribution in [1.29, 1.82) is 0 Å². The van der Waals surface area contributed by atoms with Gasteiger partial charge in [0.2, 0.25) is 11.6 Å². The number of ketones is 2. The second-order valence-corrected chi connectivity index (χ2v) is 4.51. The number of Topliss-reactive ketones (excluding diaryl/α,β-unsaturated/α-hetero) is 2. The maximum Gasteiger partial charge on any atom is 0.336 e. The molecular weight excluding hydrogens is 258 g/mol. The summed E-state index contributed by atoms with van der Waals surface area (Å²) in [5.74, 6) is -1.46. The Morgan fingerprint density at radius 3 is 2.15 bits per heavy atom. The first kappa shape index (κ1) is 12.2. The molecule has 0 bridgehead atoms. The van der Waals surface area contributed by atoms with Crippen molar-refractivity contribution in [3.8, 4) is 11.1 Å². The van der Waals surface area contributed by atoms with Gasteiger partial charge >= 0.3 is 6.04 Å². The molecule has 0 fully saturated rings. The summed E-state index contributed by atoms with van der Waals surface area (Å²) in [5.41, 5.74) is 1.61. The molecule has 0 radical (unpaired) electrons. The molecule has 1 unspecified atom stereocenters. The van der Waals surface area contributed by atoms with Crippen molar-refractivity contribution in [1.82, 2.24) is 0 Å². The fourth-order valence-corrected chi connectivity index (χ4v) is 2.48. The molecule has 2 aromatic carbocycles. The summed E-state index contributed by atoms with van der Waals surface area (Å²) in [7, 11) is 0. The fourth-order valence-electron chi connectivity index (χ4n) is 2.48. The zero-order valence-electron chi connectivity index (χ0n) is 10.3. The highest BCUT2D eigenvalue weighted by Gasteiger charge is 2.48. The second-order valence-electron chi connectivity index (χ2n) is 4.51. The van der Waals surface area contributed by atoms with E-state index in [9.17, 15) is 19.7 Å². The molecule has 0 heterocycles. The summed E-state index contributed by atoms with van der Waals surface area (Å²) in [6, 6.07) is 12.0. The molecule has 0 N–H and O–H groups in total. The molecule has 1 aliphatic carbocycles. The molecule has 1 atom stereocenters. The van der Waals surface area contributed by atoms with Crippen molar-refractivity contribution >= 4 is 11.6 Å². The standard InChI is InChI=1S/C15H9NO4/c17-14-11-8-4-7-10(9-5-2-1-3-6-9)12(11)15(18)13(14)16(19)20/h1-8,13H. The highest BCUT2D eigenvalue weighted by molar-refractivity contribution is 6.30. The van der Waals surface area contributed by atoms with Crippen molar-refractivity contribution < 1.29 is 14.5 Å². The van der Waals surface area contributed by atoms with Gasteiger partial charge in [-0.1, -0.05) is 48.5 Å². The smallest absolute Gasteiger partial charge is 0.286 e. The maximum absolute atomic E-state index is 12.2. The van der Waals surface area contributed by atoms with E-state index in [4.69, 9.17) is 0 Å². The van der Waals surface area contributed by atoms with E-state index in [1.165, 1.54) is 6.07 Å². The molecule has 3 rings (SSSR count). The summed E-state index contributed by atoms with van der Waals surface area (Å²) >= 11 is 0. The van der Waals surface area contributed by atoms with E-state index in [0.29, 0.717) is 5.56 Å². The molecule has 0 amide bonds. The van der Waals surface area contributed by atoms with Gasteiger partial charge in [0.15, 0.2) is 0 Å². The molecular formula is C15H9NO4. The minimum absolute atomic E-state index is 0.137. The van der Waals surface area contributed by atoms with Crippen LogP contribution in [0.1, 0.15) is 20.7 Å². The first-order valence-electron chi connectivity index (χ1n) is 6.01. The van der Waals surface area contributed by atoms with Gasteiger partial charge in [0.1, 0.15) is 0 Å². The van der Waals surface area contributed by atoms with E-state index in [1.54, 1.807) is 36.4 Å². The molecule has 5 heteroatoms. The van der Waals surface area contributed by atoms with Crippen LogP contribution in [0.4, 0.5) is 0 Å². The lowest BCUT2D eigenvalue weighted by atomic mass is 9.96. The summed E-state index contributed by atoms with van der Waals surface area (Å²) in [5, 5.41) is 10.9. The van der Waals surface area contributed by atoms with E-state index in [1.807, 2.05) is 6.07 Å². The fraction of sp³-hybridized carbons (Fsp3) is 0.0667. The molecule has 2 aromatic rings. The quantitative estimate of drug-likeness (QED) is 0.475. The van der Waals surface area contributed by atoms with Gasteiger partial charge in [-0.3, -0.25) is 19.7 Å². The van der Waals surface area contributed by atoms with Gasteiger partial charge in [0, 0.05) is 16.1 Å². The topological polar surface area (TPSA) is 77.3 Å². The first-order valence-corrected chi connectivity index (χ1v) is 6.01. The number of hydrogen-bond acceptors (Lipinski definition) is 4. The second kappa shape index (κ2) is 4.38. The van der Waals surface area contributed by atoms with E-state index in [0.717, 1.165) is 5.56 Å². The Hall–Kier alpha value is -2.82. The van der Waals surface area contributed by atoms with Gasteiger partial charge in [-0.05, 0) is 11.1 Å².